The van der Waals surface area contributed by atoms with Crippen LogP contribution in [0.4, 0.5) is 0 Å². The molecular weight excluding hydrogens is 138 g/mol. The lowest BCUT2D eigenvalue weighted by atomic mass is 10.8. The molecule has 0 aliphatic heterocycles. The van der Waals surface area contributed by atoms with Gasteiger partial charge in [0.2, 0.25) is 12.7 Å². The van der Waals surface area contributed by atoms with Crippen LogP contribution in [0.15, 0.2) is 0 Å². The molecule has 0 fully saturated rings. The van der Waals surface area contributed by atoms with Gasteiger partial charge in [0, 0.05) is 0 Å². The molecule has 0 saturated heterocycles. The molecule has 7 heavy (non-hydrogen) atoms. The van der Waals surface area contributed by atoms with Gasteiger partial charge in [-0.1, -0.05) is 0 Å². The topological polar surface area (TPSA) is 54.4 Å². The zero-order valence-electron chi connectivity index (χ0n) is 3.35. The van der Waals surface area contributed by atoms with E-state index in [0.29, 0.717) is 0 Å². The van der Waals surface area contributed by atoms with Crippen molar-refractivity contribution in [3.05, 3.63) is 0 Å². The van der Waals surface area contributed by atoms with Gasteiger partial charge in [-0.25, -0.2) is 0 Å². The van der Waals surface area contributed by atoms with E-state index >= 15 is 0 Å². The Morgan fingerprint density at radius 2 is 2.29 bits per heavy atom. The molecule has 3 nitrogen and oxygen atoms in total. The van der Waals surface area contributed by atoms with E-state index in [4.69, 9.17) is 16.3 Å². The molecule has 0 amide bonds. The fourth-order valence-electron chi connectivity index (χ4n) is 0.0622. The van der Waals surface area contributed by atoms with E-state index in [1.54, 1.807) is 0 Å². The Bertz CT molecular complexity index is 101. The minimum absolute atomic E-state index is 0.721. The molecule has 0 heterocycles. The predicted octanol–water partition coefficient (Wildman–Crippen LogP) is 0.219. The lowest BCUT2D eigenvalue weighted by molar-refractivity contribution is -0.113. The number of aliphatic hydroxyl groups is 1. The first-order valence-corrected chi connectivity index (χ1v) is 3.94. The average molecular weight is 142 g/mol. The van der Waals surface area contributed by atoms with Crippen molar-refractivity contribution in [1.82, 2.24) is 0 Å². The SMILES string of the molecule is O=C(CO)[PH](=O)Cl. The summed E-state index contributed by atoms with van der Waals surface area (Å²) in [6.07, 6.45) is 0. The number of rotatable bonds is 2. The predicted molar refractivity (Wildman–Crippen MR) is 26.9 cm³/mol. The molecule has 0 aliphatic carbocycles. The average Bonchev–Trinajstić information content (AvgIpc) is 1.65. The van der Waals surface area contributed by atoms with E-state index in [0.717, 1.165) is 0 Å². The molecule has 0 bridgehead atoms. The van der Waals surface area contributed by atoms with Gasteiger partial charge in [0.1, 0.15) is 6.61 Å². The van der Waals surface area contributed by atoms with Crippen LogP contribution in [-0.4, -0.2) is 17.2 Å². The van der Waals surface area contributed by atoms with Gasteiger partial charge in [-0.15, -0.1) is 0 Å². The zero-order valence-corrected chi connectivity index (χ0v) is 5.10. The number of carbonyl (C=O) groups is 1. The smallest absolute Gasteiger partial charge is 0.228 e. The van der Waals surface area contributed by atoms with Gasteiger partial charge in [0.25, 0.3) is 0 Å². The number of hydrogen-bond acceptors (Lipinski definition) is 3. The summed E-state index contributed by atoms with van der Waals surface area (Å²) in [5.41, 5.74) is -0.785. The second kappa shape index (κ2) is 3.19. The van der Waals surface area contributed by atoms with Crippen molar-refractivity contribution in [2.45, 2.75) is 0 Å². The summed E-state index contributed by atoms with van der Waals surface area (Å²) in [6, 6.07) is 0. The van der Waals surface area contributed by atoms with Crippen LogP contribution in [0.25, 0.3) is 0 Å². The summed E-state index contributed by atoms with van der Waals surface area (Å²) in [5.74, 6) is 0. The van der Waals surface area contributed by atoms with Crippen molar-refractivity contribution in [2.24, 2.45) is 0 Å². The maximum atomic E-state index is 9.86. The van der Waals surface area contributed by atoms with Crippen molar-refractivity contribution in [3.8, 4) is 0 Å². The minimum Gasteiger partial charge on any atom is -0.388 e. The van der Waals surface area contributed by atoms with Gasteiger partial charge in [-0.3, -0.25) is 4.79 Å². The van der Waals surface area contributed by atoms with Crippen LogP contribution >= 0.6 is 18.4 Å². The van der Waals surface area contributed by atoms with Crippen molar-refractivity contribution in [3.63, 3.8) is 0 Å². The highest BCUT2D eigenvalue weighted by Gasteiger charge is 2.02. The highest BCUT2D eigenvalue weighted by Crippen LogP contribution is 2.26. The van der Waals surface area contributed by atoms with E-state index in [2.05, 4.69) is 0 Å². The Labute approximate surface area is 45.9 Å². The molecule has 5 heteroatoms. The Morgan fingerprint density at radius 1 is 1.86 bits per heavy atom. The summed E-state index contributed by atoms with van der Waals surface area (Å²) < 4.78 is 9.82. The summed E-state index contributed by atoms with van der Waals surface area (Å²) in [7, 11) is -2.63. The molecule has 0 radical (unpaired) electrons. The summed E-state index contributed by atoms with van der Waals surface area (Å²) in [5, 5.41) is 7.90. The first-order valence-electron chi connectivity index (χ1n) is 1.52. The minimum atomic E-state index is -2.63. The van der Waals surface area contributed by atoms with Crippen molar-refractivity contribution >= 4 is 23.9 Å². The van der Waals surface area contributed by atoms with E-state index < -0.39 is 19.3 Å². The van der Waals surface area contributed by atoms with Crippen LogP contribution in [0.1, 0.15) is 0 Å². The van der Waals surface area contributed by atoms with E-state index in [1.165, 1.54) is 0 Å². The van der Waals surface area contributed by atoms with Crippen LogP contribution in [0.5, 0.6) is 0 Å². The monoisotopic (exact) mass is 142 g/mol. The highest BCUT2D eigenvalue weighted by atomic mass is 35.7. The quantitative estimate of drug-likeness (QED) is 0.561. The van der Waals surface area contributed by atoms with Crippen molar-refractivity contribution in [1.29, 1.82) is 0 Å². The Morgan fingerprint density at radius 3 is 2.29 bits per heavy atom. The van der Waals surface area contributed by atoms with Crippen molar-refractivity contribution in [2.75, 3.05) is 6.61 Å². The normalized spacial score (nSPS) is 13.4. The molecule has 0 aromatic heterocycles. The second-order valence-electron chi connectivity index (χ2n) is 0.855. The van der Waals surface area contributed by atoms with Gasteiger partial charge >= 0.3 is 0 Å². The first-order chi connectivity index (χ1) is 3.18. The maximum Gasteiger partial charge on any atom is 0.228 e. The molecule has 42 valence electrons. The van der Waals surface area contributed by atoms with Gasteiger partial charge in [-0.2, -0.15) is 0 Å². The van der Waals surface area contributed by atoms with E-state index in [-0.39, 0.29) is 0 Å². The Hall–Kier alpha value is 0.150. The highest BCUT2D eigenvalue weighted by molar-refractivity contribution is 7.87. The fourth-order valence-corrected chi connectivity index (χ4v) is 0.366. The van der Waals surface area contributed by atoms with Crippen molar-refractivity contribution < 1.29 is 14.5 Å². The summed E-state index contributed by atoms with van der Waals surface area (Å²) in [4.78, 5) is 9.86. The molecule has 1 atom stereocenters. The Balaban J connectivity index is 3.58. The molecule has 0 aromatic carbocycles. The standard InChI is InChI=1S/C2H4ClO3P/c3-7(6)2(5)1-4/h4,7H,1H2. The molecular formula is C2H4ClO3P. The molecule has 1 unspecified atom stereocenters. The maximum absolute atomic E-state index is 9.86. The third-order valence-electron chi connectivity index (χ3n) is 0.363. The number of aliphatic hydroxyl groups excluding tert-OH is 1. The third-order valence-corrected chi connectivity index (χ3v) is 1.59. The van der Waals surface area contributed by atoms with Crippen LogP contribution in [-0.2, 0) is 9.36 Å². The van der Waals surface area contributed by atoms with Crippen LogP contribution in [0.2, 0.25) is 0 Å². The molecule has 0 aromatic rings. The largest absolute Gasteiger partial charge is 0.388 e. The third kappa shape index (κ3) is 2.80. The molecule has 0 spiro atoms. The van der Waals surface area contributed by atoms with Crippen LogP contribution in [0.3, 0.4) is 0 Å². The van der Waals surface area contributed by atoms with Gasteiger partial charge < -0.3 is 9.67 Å². The van der Waals surface area contributed by atoms with Crippen LogP contribution < -0.4 is 0 Å². The second-order valence-corrected chi connectivity index (χ2v) is 2.99. The number of halogens is 1. The van der Waals surface area contributed by atoms with E-state index in [9.17, 15) is 9.36 Å². The van der Waals surface area contributed by atoms with E-state index in [1.807, 2.05) is 0 Å². The zero-order chi connectivity index (χ0) is 5.86. The van der Waals surface area contributed by atoms with Gasteiger partial charge in [0.05, 0.1) is 0 Å². The Kier molecular flexibility index (Phi) is 3.26. The molecule has 1 N–H and O–H groups in total. The molecule has 0 saturated carbocycles. The fraction of sp³-hybridized carbons (Fsp3) is 0.500. The summed E-state index contributed by atoms with van der Waals surface area (Å²) in [6.45, 7) is -0.721. The molecule has 0 rings (SSSR count). The van der Waals surface area contributed by atoms with Crippen LogP contribution in [0, 0.1) is 0 Å². The number of hydrogen-bond donors (Lipinski definition) is 1. The molecule has 0 aliphatic rings. The first kappa shape index (κ1) is 7.15. The number of carbonyl (C=O) groups excluding carboxylic acids is 1. The van der Waals surface area contributed by atoms with Gasteiger partial charge in [-0.05, 0) is 11.2 Å². The lowest BCUT2D eigenvalue weighted by Gasteiger charge is -1.81. The lowest BCUT2D eigenvalue weighted by Crippen LogP contribution is -1.93. The van der Waals surface area contributed by atoms with Gasteiger partial charge in [0.15, 0.2) is 0 Å². The summed E-state index contributed by atoms with van der Waals surface area (Å²) >= 11 is 4.77.